The first-order chi connectivity index (χ1) is 12.6. The van der Waals surface area contributed by atoms with Crippen LogP contribution in [0, 0.1) is 19.8 Å². The molecule has 0 saturated heterocycles. The van der Waals surface area contributed by atoms with Crippen LogP contribution >= 0.6 is 0 Å². The van der Waals surface area contributed by atoms with Crippen molar-refractivity contribution >= 4 is 17.6 Å². The molecule has 6 heteroatoms. The third kappa shape index (κ3) is 4.56. The van der Waals surface area contributed by atoms with Crippen molar-refractivity contribution in [3.63, 3.8) is 0 Å². The summed E-state index contributed by atoms with van der Waals surface area (Å²) in [5, 5.41) is 10.3. The summed E-state index contributed by atoms with van der Waals surface area (Å²) in [5.74, 6) is 0.405. The molecule has 0 atom stereocenters. The molecule has 2 amide bonds. The number of hydrogen-bond acceptors (Lipinski definition) is 3. The zero-order valence-corrected chi connectivity index (χ0v) is 16.7. The van der Waals surface area contributed by atoms with Crippen LogP contribution in [0.3, 0.4) is 0 Å². The second kappa shape index (κ2) is 7.18. The van der Waals surface area contributed by atoms with Gasteiger partial charge in [-0.05, 0) is 38.3 Å². The average Bonchev–Trinajstić information content (AvgIpc) is 3.33. The van der Waals surface area contributed by atoms with E-state index >= 15 is 0 Å². The number of amides is 2. The van der Waals surface area contributed by atoms with E-state index in [-0.39, 0.29) is 29.7 Å². The van der Waals surface area contributed by atoms with E-state index in [0.29, 0.717) is 5.82 Å². The van der Waals surface area contributed by atoms with Gasteiger partial charge in [0.2, 0.25) is 11.8 Å². The van der Waals surface area contributed by atoms with Crippen molar-refractivity contribution in [3.05, 3.63) is 41.1 Å². The SMILES string of the molecule is Cc1ccc(-n2nc(C(C)(C)C)cc2NC(=O)CNC(=O)C2CC2)c(C)c1. The van der Waals surface area contributed by atoms with Gasteiger partial charge in [-0.1, -0.05) is 38.5 Å². The molecule has 2 aromatic rings. The lowest BCUT2D eigenvalue weighted by atomic mass is 9.92. The summed E-state index contributed by atoms with van der Waals surface area (Å²) < 4.78 is 1.77. The molecule has 1 fully saturated rings. The summed E-state index contributed by atoms with van der Waals surface area (Å²) in [4.78, 5) is 24.1. The Morgan fingerprint density at radius 1 is 1.19 bits per heavy atom. The van der Waals surface area contributed by atoms with Crippen molar-refractivity contribution in [3.8, 4) is 5.69 Å². The number of carbonyl (C=O) groups is 2. The first-order valence-corrected chi connectivity index (χ1v) is 9.41. The molecule has 0 unspecified atom stereocenters. The number of rotatable bonds is 5. The first-order valence-electron chi connectivity index (χ1n) is 9.41. The molecule has 3 rings (SSSR count). The lowest BCUT2D eigenvalue weighted by Gasteiger charge is -2.14. The molecule has 27 heavy (non-hydrogen) atoms. The van der Waals surface area contributed by atoms with Gasteiger partial charge in [-0.25, -0.2) is 4.68 Å². The molecule has 2 N–H and O–H groups in total. The van der Waals surface area contributed by atoms with Crippen molar-refractivity contribution < 1.29 is 9.59 Å². The molecule has 0 spiro atoms. The molecule has 144 valence electrons. The summed E-state index contributed by atoms with van der Waals surface area (Å²) in [6, 6.07) is 8.03. The van der Waals surface area contributed by atoms with Crippen LogP contribution < -0.4 is 10.6 Å². The Labute approximate surface area is 160 Å². The minimum atomic E-state index is -0.254. The lowest BCUT2D eigenvalue weighted by Crippen LogP contribution is -2.34. The molecular weight excluding hydrogens is 340 g/mol. The van der Waals surface area contributed by atoms with E-state index in [4.69, 9.17) is 5.10 Å². The van der Waals surface area contributed by atoms with Crippen molar-refractivity contribution in [1.29, 1.82) is 0 Å². The van der Waals surface area contributed by atoms with E-state index in [1.807, 2.05) is 32.0 Å². The maximum atomic E-state index is 12.4. The van der Waals surface area contributed by atoms with Crippen LogP contribution in [-0.4, -0.2) is 28.1 Å². The number of hydrogen-bond donors (Lipinski definition) is 2. The summed E-state index contributed by atoms with van der Waals surface area (Å²) in [6.07, 6.45) is 1.84. The Kier molecular flexibility index (Phi) is 5.09. The molecule has 0 radical (unpaired) electrons. The van der Waals surface area contributed by atoms with E-state index in [2.05, 4.69) is 37.5 Å². The molecule has 0 aliphatic heterocycles. The topological polar surface area (TPSA) is 76.0 Å². The van der Waals surface area contributed by atoms with Gasteiger partial charge in [-0.15, -0.1) is 0 Å². The van der Waals surface area contributed by atoms with Gasteiger partial charge >= 0.3 is 0 Å². The van der Waals surface area contributed by atoms with Crippen molar-refractivity contribution in [2.75, 3.05) is 11.9 Å². The highest BCUT2D eigenvalue weighted by Gasteiger charge is 2.29. The Hall–Kier alpha value is -2.63. The third-order valence-corrected chi connectivity index (χ3v) is 4.70. The number of nitrogens with zero attached hydrogens (tertiary/aromatic N) is 2. The number of carbonyl (C=O) groups excluding carboxylic acids is 2. The molecule has 1 aliphatic carbocycles. The van der Waals surface area contributed by atoms with Gasteiger partial charge < -0.3 is 10.6 Å². The first kappa shape index (κ1) is 19.1. The van der Waals surface area contributed by atoms with Crippen LogP contribution in [0.4, 0.5) is 5.82 Å². The van der Waals surface area contributed by atoms with Gasteiger partial charge in [0, 0.05) is 17.4 Å². The van der Waals surface area contributed by atoms with E-state index in [1.165, 1.54) is 5.56 Å². The fraction of sp³-hybridized carbons (Fsp3) is 0.476. The number of benzene rings is 1. The molecular formula is C21H28N4O2. The van der Waals surface area contributed by atoms with Gasteiger partial charge in [-0.3, -0.25) is 9.59 Å². The highest BCUT2D eigenvalue weighted by molar-refractivity contribution is 5.94. The van der Waals surface area contributed by atoms with Crippen molar-refractivity contribution in [2.45, 2.75) is 52.9 Å². The van der Waals surface area contributed by atoms with Gasteiger partial charge in [-0.2, -0.15) is 5.10 Å². The Morgan fingerprint density at radius 2 is 1.89 bits per heavy atom. The Balaban J connectivity index is 1.85. The van der Waals surface area contributed by atoms with Crippen LogP contribution in [0.25, 0.3) is 5.69 Å². The average molecular weight is 368 g/mol. The summed E-state index contributed by atoms with van der Waals surface area (Å²) in [6.45, 7) is 10.3. The number of nitrogens with one attached hydrogen (secondary N) is 2. The van der Waals surface area contributed by atoms with E-state index in [1.54, 1.807) is 4.68 Å². The molecule has 0 bridgehead atoms. The molecule has 6 nitrogen and oxygen atoms in total. The van der Waals surface area contributed by atoms with Crippen LogP contribution in [0.15, 0.2) is 24.3 Å². The van der Waals surface area contributed by atoms with Crippen LogP contribution in [0.2, 0.25) is 0 Å². The standard InChI is InChI=1S/C21H28N4O2/c1-13-6-9-16(14(2)10-13)25-18(11-17(24-25)21(3,4)5)23-19(26)12-22-20(27)15-7-8-15/h6,9-11,15H,7-8,12H2,1-5H3,(H,22,27)(H,23,26). The highest BCUT2D eigenvalue weighted by atomic mass is 16.2. The predicted octanol–water partition coefficient (Wildman–Crippen LogP) is 3.25. The Bertz CT molecular complexity index is 873. The van der Waals surface area contributed by atoms with Crippen LogP contribution in [0.5, 0.6) is 0 Å². The van der Waals surface area contributed by atoms with Crippen molar-refractivity contribution in [1.82, 2.24) is 15.1 Å². The molecule has 1 heterocycles. The fourth-order valence-electron chi connectivity index (χ4n) is 2.91. The number of aryl methyl sites for hydroxylation is 2. The summed E-state index contributed by atoms with van der Waals surface area (Å²) in [7, 11) is 0. The quantitative estimate of drug-likeness (QED) is 0.850. The maximum absolute atomic E-state index is 12.4. The maximum Gasteiger partial charge on any atom is 0.244 e. The minimum absolute atomic E-state index is 0.0295. The van der Waals surface area contributed by atoms with Gasteiger partial charge in [0.1, 0.15) is 5.82 Å². The normalized spacial score (nSPS) is 14.1. The summed E-state index contributed by atoms with van der Waals surface area (Å²) in [5.41, 5.74) is 3.92. The van der Waals surface area contributed by atoms with E-state index in [0.717, 1.165) is 29.8 Å². The third-order valence-electron chi connectivity index (χ3n) is 4.70. The fourth-order valence-corrected chi connectivity index (χ4v) is 2.91. The highest BCUT2D eigenvalue weighted by Crippen LogP contribution is 2.29. The number of anilines is 1. The predicted molar refractivity (Wildman–Crippen MR) is 106 cm³/mol. The molecule has 1 aromatic carbocycles. The molecule has 1 aromatic heterocycles. The largest absolute Gasteiger partial charge is 0.347 e. The van der Waals surface area contributed by atoms with Crippen LogP contribution in [0.1, 0.15) is 50.4 Å². The van der Waals surface area contributed by atoms with Crippen LogP contribution in [-0.2, 0) is 15.0 Å². The zero-order valence-electron chi connectivity index (χ0n) is 16.7. The molecule has 1 saturated carbocycles. The minimum Gasteiger partial charge on any atom is -0.347 e. The Morgan fingerprint density at radius 3 is 2.48 bits per heavy atom. The smallest absolute Gasteiger partial charge is 0.244 e. The second-order valence-corrected chi connectivity index (χ2v) is 8.41. The second-order valence-electron chi connectivity index (χ2n) is 8.41. The van der Waals surface area contributed by atoms with Gasteiger partial charge in [0.15, 0.2) is 0 Å². The van der Waals surface area contributed by atoms with E-state index < -0.39 is 0 Å². The number of aromatic nitrogens is 2. The monoisotopic (exact) mass is 368 g/mol. The molecule has 1 aliphatic rings. The van der Waals surface area contributed by atoms with E-state index in [9.17, 15) is 9.59 Å². The van der Waals surface area contributed by atoms with Crippen molar-refractivity contribution in [2.24, 2.45) is 5.92 Å². The van der Waals surface area contributed by atoms with Gasteiger partial charge in [0.25, 0.3) is 0 Å². The summed E-state index contributed by atoms with van der Waals surface area (Å²) >= 11 is 0. The zero-order chi connectivity index (χ0) is 19.8. The lowest BCUT2D eigenvalue weighted by molar-refractivity contribution is -0.125. The van der Waals surface area contributed by atoms with Gasteiger partial charge in [0.05, 0.1) is 17.9 Å².